The number of nitrogens with zero attached hydrogens (tertiary/aromatic N) is 2. The summed E-state index contributed by atoms with van der Waals surface area (Å²) in [5.41, 5.74) is 2.35. The van der Waals surface area contributed by atoms with Crippen LogP contribution in [0.3, 0.4) is 0 Å². The fourth-order valence-corrected chi connectivity index (χ4v) is 6.37. The van der Waals surface area contributed by atoms with Gasteiger partial charge in [0, 0.05) is 43.6 Å². The lowest BCUT2D eigenvalue weighted by molar-refractivity contribution is -0.274. The van der Waals surface area contributed by atoms with Crippen molar-refractivity contribution >= 4 is 17.7 Å². The van der Waals surface area contributed by atoms with Crippen LogP contribution in [-0.4, -0.2) is 65.2 Å². The van der Waals surface area contributed by atoms with E-state index in [0.29, 0.717) is 24.3 Å². The van der Waals surface area contributed by atoms with Crippen LogP contribution in [0, 0.1) is 0 Å². The number of carbonyl (C=O) groups excluding carboxylic acids is 3. The zero-order chi connectivity index (χ0) is 28.0. The first-order valence-electron chi connectivity index (χ1n) is 13.7. The van der Waals surface area contributed by atoms with Crippen LogP contribution in [-0.2, 0) is 16.1 Å². The molecule has 1 saturated carbocycles. The lowest BCUT2D eigenvalue weighted by Crippen LogP contribution is -2.57. The Morgan fingerprint density at radius 1 is 0.900 bits per heavy atom. The summed E-state index contributed by atoms with van der Waals surface area (Å²) in [5.74, 6) is -0.249. The van der Waals surface area contributed by atoms with Gasteiger partial charge >= 0.3 is 6.36 Å². The third-order valence-electron chi connectivity index (χ3n) is 8.41. The number of rotatable bonds is 6. The van der Waals surface area contributed by atoms with E-state index in [4.69, 9.17) is 4.74 Å². The van der Waals surface area contributed by atoms with Crippen LogP contribution in [0.5, 0.6) is 11.5 Å². The molecule has 1 N–H and O–H groups in total. The highest BCUT2D eigenvalue weighted by atomic mass is 19.4. The van der Waals surface area contributed by atoms with Gasteiger partial charge in [-0.1, -0.05) is 18.6 Å². The van der Waals surface area contributed by atoms with Crippen LogP contribution in [0.2, 0.25) is 0 Å². The van der Waals surface area contributed by atoms with Crippen molar-refractivity contribution in [1.29, 1.82) is 0 Å². The van der Waals surface area contributed by atoms with Crippen molar-refractivity contribution < 1.29 is 37.0 Å². The number of carbonyl (C=O) groups is 3. The van der Waals surface area contributed by atoms with Crippen LogP contribution >= 0.6 is 0 Å². The van der Waals surface area contributed by atoms with Gasteiger partial charge in [-0.05, 0) is 67.1 Å². The highest BCUT2D eigenvalue weighted by Gasteiger charge is 2.41. The summed E-state index contributed by atoms with van der Waals surface area (Å²) in [5, 5.41) is 2.32. The molecule has 3 unspecified atom stereocenters. The Morgan fingerprint density at radius 3 is 2.35 bits per heavy atom. The average Bonchev–Trinajstić information content (AvgIpc) is 3.19. The van der Waals surface area contributed by atoms with E-state index >= 15 is 0 Å². The molecule has 1 aliphatic carbocycles. The van der Waals surface area contributed by atoms with E-state index in [2.05, 4.69) is 15.0 Å². The SMILES string of the molecule is O=C1CCC(N2Cc3cc(OC4CCCCC4N4CC(c5ccc(OC(F)(F)F)cc5)C4)ccc3C2=O)C(=O)N1. The molecule has 0 radical (unpaired) electrons. The Balaban J connectivity index is 1.08. The number of halogens is 3. The van der Waals surface area contributed by atoms with Crippen LogP contribution in [0.4, 0.5) is 13.2 Å². The summed E-state index contributed by atoms with van der Waals surface area (Å²) in [6.07, 6.45) is -0.107. The van der Waals surface area contributed by atoms with Crippen molar-refractivity contribution in [2.24, 2.45) is 0 Å². The first-order valence-corrected chi connectivity index (χ1v) is 13.7. The highest BCUT2D eigenvalue weighted by molar-refractivity contribution is 6.05. The Bertz CT molecular complexity index is 1310. The molecule has 40 heavy (non-hydrogen) atoms. The van der Waals surface area contributed by atoms with Crippen molar-refractivity contribution in [3.8, 4) is 11.5 Å². The van der Waals surface area contributed by atoms with Crippen LogP contribution < -0.4 is 14.8 Å². The number of fused-ring (bicyclic) bond motifs is 1. The number of hydrogen-bond donors (Lipinski definition) is 1. The molecular formula is C29H30F3N3O5. The molecule has 0 bridgehead atoms. The third kappa shape index (κ3) is 5.39. The lowest BCUT2D eigenvalue weighted by Gasteiger charge is -2.48. The van der Waals surface area contributed by atoms with E-state index in [1.165, 1.54) is 17.0 Å². The number of likely N-dealkylation sites (tertiary alicyclic amines) is 1. The first kappa shape index (κ1) is 26.6. The van der Waals surface area contributed by atoms with Gasteiger partial charge < -0.3 is 14.4 Å². The minimum Gasteiger partial charge on any atom is -0.489 e. The molecule has 4 aliphatic rings. The maximum atomic E-state index is 13.0. The van der Waals surface area contributed by atoms with E-state index in [9.17, 15) is 27.6 Å². The minimum atomic E-state index is -4.70. The van der Waals surface area contributed by atoms with Gasteiger partial charge in [0.05, 0.1) is 0 Å². The van der Waals surface area contributed by atoms with Gasteiger partial charge in [-0.25, -0.2) is 0 Å². The zero-order valence-corrected chi connectivity index (χ0v) is 21.8. The number of benzene rings is 2. The van der Waals surface area contributed by atoms with E-state index in [1.807, 2.05) is 6.07 Å². The Morgan fingerprint density at radius 2 is 1.62 bits per heavy atom. The van der Waals surface area contributed by atoms with Crippen LogP contribution in [0.1, 0.15) is 65.9 Å². The molecule has 3 amide bonds. The van der Waals surface area contributed by atoms with Crippen molar-refractivity contribution in [3.05, 3.63) is 59.2 Å². The quantitative estimate of drug-likeness (QED) is 0.538. The molecule has 2 saturated heterocycles. The summed E-state index contributed by atoms with van der Waals surface area (Å²) in [7, 11) is 0. The Kier molecular flexibility index (Phi) is 6.93. The number of amides is 3. The van der Waals surface area contributed by atoms with Gasteiger partial charge in [-0.15, -0.1) is 13.2 Å². The van der Waals surface area contributed by atoms with Crippen molar-refractivity contribution in [2.45, 2.75) is 75.5 Å². The van der Waals surface area contributed by atoms with E-state index in [-0.39, 0.29) is 42.0 Å². The Hall–Kier alpha value is -3.60. The van der Waals surface area contributed by atoms with Crippen molar-refractivity contribution in [2.75, 3.05) is 13.1 Å². The molecule has 6 rings (SSSR count). The molecule has 3 heterocycles. The fraction of sp³-hybridized carbons (Fsp3) is 0.483. The molecule has 3 aliphatic heterocycles. The molecule has 3 atom stereocenters. The maximum absolute atomic E-state index is 13.0. The first-order chi connectivity index (χ1) is 19.1. The van der Waals surface area contributed by atoms with Crippen LogP contribution in [0.15, 0.2) is 42.5 Å². The minimum absolute atomic E-state index is 0.0151. The van der Waals surface area contributed by atoms with E-state index in [1.54, 1.807) is 24.3 Å². The molecule has 11 heteroatoms. The normalized spacial score (nSPS) is 25.8. The van der Waals surface area contributed by atoms with Gasteiger partial charge in [-0.2, -0.15) is 0 Å². The molecular weight excluding hydrogens is 527 g/mol. The molecule has 2 aromatic rings. The lowest BCUT2D eigenvalue weighted by atomic mass is 9.84. The van der Waals surface area contributed by atoms with Gasteiger partial charge in [-0.3, -0.25) is 24.6 Å². The fourth-order valence-electron chi connectivity index (χ4n) is 6.37. The predicted molar refractivity (Wildman–Crippen MR) is 137 cm³/mol. The molecule has 212 valence electrons. The van der Waals surface area contributed by atoms with Gasteiger partial charge in [0.1, 0.15) is 23.6 Å². The zero-order valence-electron chi connectivity index (χ0n) is 21.8. The second-order valence-corrected chi connectivity index (χ2v) is 11.0. The van der Waals surface area contributed by atoms with Gasteiger partial charge in [0.2, 0.25) is 11.8 Å². The number of alkyl halides is 3. The summed E-state index contributed by atoms with van der Waals surface area (Å²) in [6.45, 7) is 1.92. The standard InChI is InChI=1S/C29H30F3N3O5/c30-29(31,32)40-20-7-5-17(6-8-20)19-14-34(15-19)23-3-1-2-4-25(23)39-21-9-10-22-18(13-21)16-35(28(22)38)24-11-12-26(36)33-27(24)37/h5-10,13,19,23-25H,1-4,11-12,14-16H2,(H,33,36,37). The predicted octanol–water partition coefficient (Wildman–Crippen LogP) is 4.14. The van der Waals surface area contributed by atoms with E-state index < -0.39 is 18.3 Å². The maximum Gasteiger partial charge on any atom is 0.573 e. The summed E-state index contributed by atoms with van der Waals surface area (Å²) < 4.78 is 47.8. The van der Waals surface area contributed by atoms with Crippen molar-refractivity contribution in [3.63, 3.8) is 0 Å². The number of imide groups is 1. The second kappa shape index (κ2) is 10.4. The molecule has 8 nitrogen and oxygen atoms in total. The number of piperidine rings is 1. The monoisotopic (exact) mass is 557 g/mol. The van der Waals surface area contributed by atoms with Crippen molar-refractivity contribution in [1.82, 2.24) is 15.1 Å². The summed E-state index contributed by atoms with van der Waals surface area (Å²) in [6, 6.07) is 11.1. The number of ether oxygens (including phenoxy) is 2. The van der Waals surface area contributed by atoms with Gasteiger partial charge in [0.15, 0.2) is 0 Å². The third-order valence-corrected chi connectivity index (χ3v) is 8.41. The number of nitrogens with one attached hydrogen (secondary N) is 1. The van der Waals surface area contributed by atoms with Gasteiger partial charge in [0.25, 0.3) is 5.91 Å². The number of hydrogen-bond acceptors (Lipinski definition) is 6. The molecule has 0 spiro atoms. The Labute approximate surface area is 229 Å². The highest BCUT2D eigenvalue weighted by Crippen LogP contribution is 2.37. The van der Waals surface area contributed by atoms with Crippen LogP contribution in [0.25, 0.3) is 0 Å². The smallest absolute Gasteiger partial charge is 0.489 e. The second-order valence-electron chi connectivity index (χ2n) is 11.0. The molecule has 3 fully saturated rings. The molecule has 2 aromatic carbocycles. The molecule has 0 aromatic heterocycles. The average molecular weight is 558 g/mol. The topological polar surface area (TPSA) is 88.2 Å². The summed E-state index contributed by atoms with van der Waals surface area (Å²) >= 11 is 0. The largest absolute Gasteiger partial charge is 0.573 e. The van der Waals surface area contributed by atoms with E-state index in [0.717, 1.165) is 49.9 Å². The summed E-state index contributed by atoms with van der Waals surface area (Å²) in [4.78, 5) is 40.8.